The molecule has 11 aromatic rings. The van der Waals surface area contributed by atoms with E-state index in [2.05, 4.69) is 194 Å². The second-order valence-electron chi connectivity index (χ2n) is 15.9. The zero-order valence-electron chi connectivity index (χ0n) is 31.4. The van der Waals surface area contributed by atoms with E-state index in [0.717, 1.165) is 55.0 Å². The van der Waals surface area contributed by atoms with Crippen molar-refractivity contribution in [3.05, 3.63) is 228 Å². The first-order chi connectivity index (χ1) is 28.7. The highest BCUT2D eigenvalue weighted by Gasteiger charge is 2.31. The van der Waals surface area contributed by atoms with Crippen LogP contribution >= 0.6 is 0 Å². The van der Waals surface area contributed by atoms with Gasteiger partial charge in [0.25, 0.3) is 0 Å². The maximum Gasteiger partial charge on any atom is 0.135 e. The van der Waals surface area contributed by atoms with E-state index in [4.69, 9.17) is 8.83 Å². The molecule has 2 nitrogen and oxygen atoms in total. The summed E-state index contributed by atoms with van der Waals surface area (Å²) >= 11 is 0. The van der Waals surface area contributed by atoms with Gasteiger partial charge in [0.1, 0.15) is 22.3 Å². The Kier molecular flexibility index (Phi) is 6.59. The van der Waals surface area contributed by atoms with Gasteiger partial charge in [-0.2, -0.15) is 0 Å². The monoisotopic (exact) mass is 738 g/mol. The molecule has 0 N–H and O–H groups in total. The summed E-state index contributed by atoms with van der Waals surface area (Å²) in [5.41, 5.74) is 21.6. The average Bonchev–Trinajstić information content (AvgIpc) is 4.03. The summed E-state index contributed by atoms with van der Waals surface area (Å²) in [4.78, 5) is 0. The van der Waals surface area contributed by atoms with Crippen LogP contribution in [0.25, 0.3) is 88.4 Å². The Labute approximate surface area is 335 Å². The minimum Gasteiger partial charge on any atom is -0.456 e. The fourth-order valence-corrected chi connectivity index (χ4v) is 10.2. The average molecular weight is 739 g/mol. The van der Waals surface area contributed by atoms with Gasteiger partial charge in [-0.05, 0) is 132 Å². The Balaban J connectivity index is 0.882. The maximum atomic E-state index is 6.43. The highest BCUT2D eigenvalue weighted by atomic mass is 16.3. The van der Waals surface area contributed by atoms with Crippen LogP contribution in [0.1, 0.15) is 45.2 Å². The van der Waals surface area contributed by atoms with Gasteiger partial charge in [-0.3, -0.25) is 0 Å². The molecule has 0 spiro atoms. The van der Waals surface area contributed by atoms with Gasteiger partial charge in [0.05, 0.1) is 0 Å². The van der Waals surface area contributed by atoms with Gasteiger partial charge < -0.3 is 8.83 Å². The van der Waals surface area contributed by atoms with E-state index in [0.29, 0.717) is 0 Å². The Bertz CT molecular complexity index is 3170. The van der Waals surface area contributed by atoms with Crippen LogP contribution in [0, 0.1) is 0 Å². The molecule has 0 bridgehead atoms. The normalized spacial score (nSPS) is 13.4. The van der Waals surface area contributed by atoms with E-state index < -0.39 is 0 Å². The zero-order chi connectivity index (χ0) is 37.9. The van der Waals surface area contributed by atoms with Crippen LogP contribution in [0.4, 0.5) is 0 Å². The van der Waals surface area contributed by atoms with Gasteiger partial charge >= 0.3 is 0 Å². The quantitative estimate of drug-likeness (QED) is 0.180. The minimum absolute atomic E-state index is 0.189. The highest BCUT2D eigenvalue weighted by Crippen LogP contribution is 2.50. The molecule has 58 heavy (non-hydrogen) atoms. The van der Waals surface area contributed by atoms with E-state index in [-0.39, 0.29) is 11.8 Å². The first-order valence-corrected chi connectivity index (χ1v) is 20.1. The van der Waals surface area contributed by atoms with Crippen LogP contribution in [-0.2, 0) is 0 Å². The molecular weight excluding hydrogens is 705 g/mol. The van der Waals surface area contributed by atoms with E-state index in [1.165, 1.54) is 66.8 Å². The molecule has 0 aliphatic heterocycles. The molecule has 2 aromatic heterocycles. The van der Waals surface area contributed by atoms with Gasteiger partial charge in [0, 0.05) is 33.4 Å². The summed E-state index contributed by atoms with van der Waals surface area (Å²) in [6.07, 6.45) is 0. The molecule has 0 fully saturated rings. The van der Waals surface area contributed by atoms with E-state index in [9.17, 15) is 0 Å². The van der Waals surface area contributed by atoms with Crippen molar-refractivity contribution in [2.45, 2.75) is 11.8 Å². The predicted octanol–water partition coefficient (Wildman–Crippen LogP) is 15.1. The van der Waals surface area contributed by atoms with Crippen molar-refractivity contribution in [1.29, 1.82) is 0 Å². The Morgan fingerprint density at radius 1 is 0.259 bits per heavy atom. The lowest BCUT2D eigenvalue weighted by Gasteiger charge is -2.14. The molecule has 2 aliphatic carbocycles. The topological polar surface area (TPSA) is 26.3 Å². The van der Waals surface area contributed by atoms with E-state index in [1.807, 2.05) is 0 Å². The first-order valence-electron chi connectivity index (χ1n) is 20.1. The predicted molar refractivity (Wildman–Crippen MR) is 238 cm³/mol. The summed E-state index contributed by atoms with van der Waals surface area (Å²) in [5, 5.41) is 4.56. The second-order valence-corrected chi connectivity index (χ2v) is 15.9. The number of hydrogen-bond donors (Lipinski definition) is 0. The zero-order valence-corrected chi connectivity index (χ0v) is 31.4. The lowest BCUT2D eigenvalue weighted by molar-refractivity contribution is 0.668. The van der Waals surface area contributed by atoms with Gasteiger partial charge in [0.15, 0.2) is 0 Å². The third kappa shape index (κ3) is 4.60. The lowest BCUT2D eigenvalue weighted by Crippen LogP contribution is -1.98. The molecule has 0 saturated carbocycles. The Morgan fingerprint density at radius 2 is 0.586 bits per heavy atom. The van der Waals surface area contributed by atoms with Crippen molar-refractivity contribution >= 4 is 43.9 Å². The van der Waals surface area contributed by atoms with Gasteiger partial charge in [-0.25, -0.2) is 0 Å². The maximum absolute atomic E-state index is 6.43. The van der Waals surface area contributed by atoms with E-state index >= 15 is 0 Å². The summed E-state index contributed by atoms with van der Waals surface area (Å²) in [5.74, 6) is 0.378. The molecule has 13 rings (SSSR count). The number of fused-ring (bicyclic) bond motifs is 12. The molecule has 0 radical (unpaired) electrons. The summed E-state index contributed by atoms with van der Waals surface area (Å²) in [6, 6.07) is 70.9. The Morgan fingerprint density at radius 3 is 0.983 bits per heavy atom. The van der Waals surface area contributed by atoms with Crippen molar-refractivity contribution in [3.8, 4) is 44.5 Å². The molecule has 2 heterocycles. The van der Waals surface area contributed by atoms with Crippen molar-refractivity contribution in [2.24, 2.45) is 0 Å². The third-order valence-electron chi connectivity index (χ3n) is 12.8. The van der Waals surface area contributed by atoms with Crippen LogP contribution < -0.4 is 0 Å². The number of hydrogen-bond acceptors (Lipinski definition) is 2. The molecule has 0 unspecified atom stereocenters. The van der Waals surface area contributed by atoms with E-state index in [1.54, 1.807) is 0 Å². The fourth-order valence-electron chi connectivity index (χ4n) is 10.2. The standard InChI is InChI=1S/C56H34O2/c1-5-16-43-39(12-1)40-13-2-6-17-44(40)55(43)37-22-26-53-49(31-37)47-29-35(20-24-51(47)57-53)33-10-9-11-34(28-33)36-21-25-52-48(30-36)50-32-38(23-27-54(50)58-52)56-45-18-7-3-14-41(45)42-15-4-8-19-46(42)56/h1-32,55-56H. The van der Waals surface area contributed by atoms with Crippen molar-refractivity contribution in [2.75, 3.05) is 0 Å². The van der Waals surface area contributed by atoms with Crippen molar-refractivity contribution in [3.63, 3.8) is 0 Å². The lowest BCUT2D eigenvalue weighted by atomic mass is 9.88. The molecule has 270 valence electrons. The number of furan rings is 2. The summed E-state index contributed by atoms with van der Waals surface area (Å²) in [7, 11) is 0. The molecule has 9 aromatic carbocycles. The molecule has 0 amide bonds. The minimum atomic E-state index is 0.189. The van der Waals surface area contributed by atoms with Gasteiger partial charge in [-0.15, -0.1) is 0 Å². The Hall–Kier alpha value is -7.42. The van der Waals surface area contributed by atoms with Gasteiger partial charge in [-0.1, -0.05) is 140 Å². The molecule has 2 aliphatic rings. The summed E-state index contributed by atoms with van der Waals surface area (Å²) in [6.45, 7) is 0. The molecule has 0 atom stereocenters. The van der Waals surface area contributed by atoms with Gasteiger partial charge in [0.2, 0.25) is 0 Å². The van der Waals surface area contributed by atoms with Crippen LogP contribution in [0.15, 0.2) is 203 Å². The van der Waals surface area contributed by atoms with Crippen LogP contribution in [0.2, 0.25) is 0 Å². The molecular formula is C56H34O2. The highest BCUT2D eigenvalue weighted by molar-refractivity contribution is 6.08. The second kappa shape index (κ2) is 12.0. The third-order valence-corrected chi connectivity index (χ3v) is 12.8. The van der Waals surface area contributed by atoms with Crippen LogP contribution in [0.5, 0.6) is 0 Å². The van der Waals surface area contributed by atoms with Crippen LogP contribution in [0.3, 0.4) is 0 Å². The number of rotatable bonds is 4. The summed E-state index contributed by atoms with van der Waals surface area (Å²) < 4.78 is 12.9. The smallest absolute Gasteiger partial charge is 0.135 e. The number of benzene rings is 9. The molecule has 0 saturated heterocycles. The molecule has 2 heteroatoms. The SMILES string of the molecule is c1cc(-c2ccc3oc4ccc(C5c6ccccc6-c6ccccc65)cc4c3c2)cc(-c2ccc3oc4ccc(C5c6ccccc6-c6ccccc65)cc4c3c2)c1. The fraction of sp³-hybridized carbons (Fsp3) is 0.0357. The van der Waals surface area contributed by atoms with Crippen LogP contribution in [-0.4, -0.2) is 0 Å². The van der Waals surface area contributed by atoms with Crippen molar-refractivity contribution in [1.82, 2.24) is 0 Å². The first kappa shape index (κ1) is 31.7. The van der Waals surface area contributed by atoms with Crippen molar-refractivity contribution < 1.29 is 8.83 Å². The largest absolute Gasteiger partial charge is 0.456 e.